The standard InChI is InChI=1S/C15H13BrN2O2/c16-12-3-1-10-6-13(4-2-9(10)5-12)18-8-11(15(17)20)7-14(18)19/h1-6,11H,7-8H2,(H2,17,20). The first-order valence-electron chi connectivity index (χ1n) is 6.33. The fourth-order valence-corrected chi connectivity index (χ4v) is 2.90. The van der Waals surface area contributed by atoms with E-state index in [0.29, 0.717) is 6.54 Å². The van der Waals surface area contributed by atoms with Gasteiger partial charge in [0.05, 0.1) is 5.92 Å². The average Bonchev–Trinajstić information content (AvgIpc) is 2.80. The highest BCUT2D eigenvalue weighted by Crippen LogP contribution is 2.29. The molecule has 2 N–H and O–H groups in total. The molecule has 2 aromatic rings. The Bertz CT molecular complexity index is 714. The summed E-state index contributed by atoms with van der Waals surface area (Å²) in [7, 11) is 0. The highest BCUT2D eigenvalue weighted by molar-refractivity contribution is 9.10. The first kappa shape index (κ1) is 13.1. The third-order valence-electron chi connectivity index (χ3n) is 3.62. The van der Waals surface area contributed by atoms with Crippen molar-refractivity contribution in [3.05, 3.63) is 40.9 Å². The van der Waals surface area contributed by atoms with E-state index in [2.05, 4.69) is 15.9 Å². The second-order valence-corrected chi connectivity index (χ2v) is 5.90. The molecule has 102 valence electrons. The first-order valence-corrected chi connectivity index (χ1v) is 7.13. The van der Waals surface area contributed by atoms with Crippen LogP contribution < -0.4 is 10.6 Å². The zero-order valence-corrected chi connectivity index (χ0v) is 12.3. The van der Waals surface area contributed by atoms with Gasteiger partial charge in [-0.1, -0.05) is 28.1 Å². The minimum atomic E-state index is -0.412. The minimum absolute atomic E-state index is 0.0507. The van der Waals surface area contributed by atoms with E-state index < -0.39 is 5.91 Å². The smallest absolute Gasteiger partial charge is 0.227 e. The topological polar surface area (TPSA) is 63.4 Å². The van der Waals surface area contributed by atoms with E-state index in [1.165, 1.54) is 0 Å². The van der Waals surface area contributed by atoms with Crippen molar-refractivity contribution >= 4 is 44.2 Å². The Morgan fingerprint density at radius 2 is 1.90 bits per heavy atom. The Morgan fingerprint density at radius 1 is 1.20 bits per heavy atom. The second-order valence-electron chi connectivity index (χ2n) is 4.98. The second kappa shape index (κ2) is 4.90. The van der Waals surface area contributed by atoms with E-state index >= 15 is 0 Å². The number of rotatable bonds is 2. The predicted octanol–water partition coefficient (Wildman–Crippen LogP) is 2.44. The van der Waals surface area contributed by atoms with E-state index in [-0.39, 0.29) is 18.2 Å². The van der Waals surface area contributed by atoms with Gasteiger partial charge in [-0.05, 0) is 35.0 Å². The molecule has 3 rings (SSSR count). The summed E-state index contributed by atoms with van der Waals surface area (Å²) >= 11 is 3.43. The predicted molar refractivity (Wildman–Crippen MR) is 81.3 cm³/mol. The van der Waals surface area contributed by atoms with Gasteiger partial charge in [-0.15, -0.1) is 0 Å². The molecule has 1 atom stereocenters. The van der Waals surface area contributed by atoms with Gasteiger partial charge in [0.1, 0.15) is 0 Å². The van der Waals surface area contributed by atoms with Crippen molar-refractivity contribution in [1.82, 2.24) is 0 Å². The number of hydrogen-bond donors (Lipinski definition) is 1. The molecule has 0 radical (unpaired) electrons. The summed E-state index contributed by atoms with van der Waals surface area (Å²) in [6.07, 6.45) is 0.202. The van der Waals surface area contributed by atoms with E-state index in [1.54, 1.807) is 4.90 Å². The summed E-state index contributed by atoms with van der Waals surface area (Å²) in [5.41, 5.74) is 6.10. The van der Waals surface area contributed by atoms with Crippen molar-refractivity contribution in [3.8, 4) is 0 Å². The lowest BCUT2D eigenvalue weighted by molar-refractivity contribution is -0.123. The van der Waals surface area contributed by atoms with E-state index in [4.69, 9.17) is 5.73 Å². The molecule has 1 aliphatic heterocycles. The van der Waals surface area contributed by atoms with Crippen LogP contribution in [0.2, 0.25) is 0 Å². The highest BCUT2D eigenvalue weighted by atomic mass is 79.9. The maximum absolute atomic E-state index is 12.0. The minimum Gasteiger partial charge on any atom is -0.369 e. The van der Waals surface area contributed by atoms with Gasteiger partial charge in [0.15, 0.2) is 0 Å². The van der Waals surface area contributed by atoms with Gasteiger partial charge in [0.25, 0.3) is 0 Å². The van der Waals surface area contributed by atoms with Gasteiger partial charge < -0.3 is 10.6 Å². The van der Waals surface area contributed by atoms with Crippen LogP contribution in [0.3, 0.4) is 0 Å². The average molecular weight is 333 g/mol. The number of carbonyl (C=O) groups excluding carboxylic acids is 2. The fraction of sp³-hybridized carbons (Fsp3) is 0.200. The largest absolute Gasteiger partial charge is 0.369 e. The molecule has 0 aliphatic carbocycles. The van der Waals surface area contributed by atoms with Crippen LogP contribution in [0.1, 0.15) is 6.42 Å². The van der Waals surface area contributed by atoms with Crippen molar-refractivity contribution in [3.63, 3.8) is 0 Å². The summed E-state index contributed by atoms with van der Waals surface area (Å²) < 4.78 is 1.02. The quantitative estimate of drug-likeness (QED) is 0.917. The zero-order valence-electron chi connectivity index (χ0n) is 10.7. The van der Waals surface area contributed by atoms with Gasteiger partial charge in [0, 0.05) is 23.1 Å². The molecule has 5 heteroatoms. The Balaban J connectivity index is 1.96. The van der Waals surface area contributed by atoms with Gasteiger partial charge in [-0.3, -0.25) is 9.59 Å². The number of nitrogens with two attached hydrogens (primary N) is 1. The first-order chi connectivity index (χ1) is 9.54. The van der Waals surface area contributed by atoms with Crippen LogP contribution in [-0.2, 0) is 9.59 Å². The van der Waals surface area contributed by atoms with Crippen molar-refractivity contribution in [2.24, 2.45) is 11.7 Å². The molecule has 1 aliphatic rings. The SMILES string of the molecule is NC(=O)C1CC(=O)N(c2ccc3cc(Br)ccc3c2)C1. The Morgan fingerprint density at radius 3 is 2.60 bits per heavy atom. The molecular weight excluding hydrogens is 320 g/mol. The number of anilines is 1. The van der Waals surface area contributed by atoms with E-state index in [0.717, 1.165) is 20.9 Å². The van der Waals surface area contributed by atoms with Gasteiger partial charge in [-0.25, -0.2) is 0 Å². The number of benzene rings is 2. The normalized spacial score (nSPS) is 18.8. The van der Waals surface area contributed by atoms with Crippen LogP contribution in [0.5, 0.6) is 0 Å². The van der Waals surface area contributed by atoms with Crippen molar-refractivity contribution in [1.29, 1.82) is 0 Å². The van der Waals surface area contributed by atoms with Crippen molar-refractivity contribution in [2.45, 2.75) is 6.42 Å². The molecule has 0 aromatic heterocycles. The maximum Gasteiger partial charge on any atom is 0.227 e. The molecule has 0 spiro atoms. The number of fused-ring (bicyclic) bond motifs is 1. The maximum atomic E-state index is 12.0. The van der Waals surface area contributed by atoms with Gasteiger partial charge in [-0.2, -0.15) is 0 Å². The lowest BCUT2D eigenvalue weighted by atomic mass is 10.1. The molecule has 1 heterocycles. The van der Waals surface area contributed by atoms with Gasteiger partial charge >= 0.3 is 0 Å². The summed E-state index contributed by atoms with van der Waals surface area (Å²) in [5.74, 6) is -0.848. The van der Waals surface area contributed by atoms with Crippen LogP contribution in [0.25, 0.3) is 10.8 Å². The molecule has 1 unspecified atom stereocenters. The number of nitrogens with zero attached hydrogens (tertiary/aromatic N) is 1. The number of primary amides is 1. The van der Waals surface area contributed by atoms with Crippen molar-refractivity contribution < 1.29 is 9.59 Å². The number of carbonyl (C=O) groups is 2. The summed E-state index contributed by atoms with van der Waals surface area (Å²) in [5, 5.41) is 2.15. The molecule has 0 bridgehead atoms. The molecule has 20 heavy (non-hydrogen) atoms. The third-order valence-corrected chi connectivity index (χ3v) is 4.12. The molecule has 0 saturated carbocycles. The number of halogens is 1. The number of hydrogen-bond acceptors (Lipinski definition) is 2. The highest BCUT2D eigenvalue weighted by Gasteiger charge is 2.33. The lowest BCUT2D eigenvalue weighted by Gasteiger charge is -2.17. The Hall–Kier alpha value is -1.88. The van der Waals surface area contributed by atoms with E-state index in [1.807, 2.05) is 36.4 Å². The molecule has 4 nitrogen and oxygen atoms in total. The van der Waals surface area contributed by atoms with Crippen LogP contribution in [0.4, 0.5) is 5.69 Å². The molecule has 2 amide bonds. The lowest BCUT2D eigenvalue weighted by Crippen LogP contribution is -2.28. The summed E-state index contributed by atoms with van der Waals surface area (Å²) in [6.45, 7) is 0.371. The van der Waals surface area contributed by atoms with Crippen LogP contribution in [0.15, 0.2) is 40.9 Å². The Labute approximate surface area is 124 Å². The molecule has 1 fully saturated rings. The summed E-state index contributed by atoms with van der Waals surface area (Å²) in [6, 6.07) is 11.8. The monoisotopic (exact) mass is 332 g/mol. The number of amides is 2. The molecule has 2 aromatic carbocycles. The van der Waals surface area contributed by atoms with Crippen LogP contribution in [0, 0.1) is 5.92 Å². The third kappa shape index (κ3) is 2.29. The zero-order chi connectivity index (χ0) is 14.3. The molecular formula is C15H13BrN2O2. The fourth-order valence-electron chi connectivity index (χ4n) is 2.52. The van der Waals surface area contributed by atoms with Gasteiger partial charge in [0.2, 0.25) is 11.8 Å². The van der Waals surface area contributed by atoms with Crippen LogP contribution in [-0.4, -0.2) is 18.4 Å². The van der Waals surface area contributed by atoms with Crippen molar-refractivity contribution in [2.75, 3.05) is 11.4 Å². The summed E-state index contributed by atoms with van der Waals surface area (Å²) in [4.78, 5) is 24.8. The van der Waals surface area contributed by atoms with E-state index in [9.17, 15) is 9.59 Å². The Kier molecular flexibility index (Phi) is 3.22. The molecule has 1 saturated heterocycles. The van der Waals surface area contributed by atoms with Crippen LogP contribution >= 0.6 is 15.9 Å².